The van der Waals surface area contributed by atoms with Gasteiger partial charge in [0.05, 0.1) is 0 Å². The second-order valence-corrected chi connectivity index (χ2v) is 7.06. The van der Waals surface area contributed by atoms with Crippen molar-refractivity contribution in [2.75, 3.05) is 52.4 Å². The number of rotatable bonds is 6. The van der Waals surface area contributed by atoms with Crippen LogP contribution < -0.4 is 10.0 Å². The van der Waals surface area contributed by atoms with Gasteiger partial charge in [0.25, 0.3) is 10.2 Å². The van der Waals surface area contributed by atoms with Crippen molar-refractivity contribution in [1.29, 1.82) is 0 Å². The minimum absolute atomic E-state index is 0.544. The molecular weight excluding hydrogens is 264 g/mol. The SMILES string of the molecule is O=S(=O)(NCCCN1CCNCC1)N1CCCCC1. The number of piperazine rings is 1. The van der Waals surface area contributed by atoms with Gasteiger partial charge in [-0.15, -0.1) is 0 Å². The third kappa shape index (κ3) is 5.00. The van der Waals surface area contributed by atoms with Crippen molar-refractivity contribution < 1.29 is 8.42 Å². The largest absolute Gasteiger partial charge is 0.314 e. The molecule has 19 heavy (non-hydrogen) atoms. The van der Waals surface area contributed by atoms with Gasteiger partial charge in [-0.3, -0.25) is 0 Å². The third-order valence-corrected chi connectivity index (χ3v) is 5.41. The molecule has 2 heterocycles. The molecule has 0 radical (unpaired) electrons. The van der Waals surface area contributed by atoms with E-state index in [2.05, 4.69) is 14.9 Å². The number of hydrogen-bond donors (Lipinski definition) is 2. The van der Waals surface area contributed by atoms with Gasteiger partial charge in [0.15, 0.2) is 0 Å². The average Bonchev–Trinajstić information content (AvgIpc) is 2.46. The Hall–Kier alpha value is -0.210. The Morgan fingerprint density at radius 1 is 1.00 bits per heavy atom. The van der Waals surface area contributed by atoms with Crippen LogP contribution in [-0.4, -0.2) is 70.0 Å². The minimum atomic E-state index is -3.23. The van der Waals surface area contributed by atoms with E-state index in [0.29, 0.717) is 19.6 Å². The average molecular weight is 290 g/mol. The van der Waals surface area contributed by atoms with Gasteiger partial charge in [-0.25, -0.2) is 4.72 Å². The highest BCUT2D eigenvalue weighted by Gasteiger charge is 2.22. The third-order valence-electron chi connectivity index (χ3n) is 3.80. The van der Waals surface area contributed by atoms with E-state index in [1.54, 1.807) is 4.31 Å². The van der Waals surface area contributed by atoms with Crippen molar-refractivity contribution in [2.24, 2.45) is 0 Å². The van der Waals surface area contributed by atoms with E-state index in [0.717, 1.165) is 58.4 Å². The van der Waals surface area contributed by atoms with Crippen molar-refractivity contribution in [3.8, 4) is 0 Å². The fraction of sp³-hybridized carbons (Fsp3) is 1.00. The lowest BCUT2D eigenvalue weighted by atomic mass is 10.2. The summed E-state index contributed by atoms with van der Waals surface area (Å²) in [5.41, 5.74) is 0. The maximum atomic E-state index is 12.0. The summed E-state index contributed by atoms with van der Waals surface area (Å²) in [5, 5.41) is 3.31. The molecule has 0 spiro atoms. The lowest BCUT2D eigenvalue weighted by Crippen LogP contribution is -2.46. The highest BCUT2D eigenvalue weighted by molar-refractivity contribution is 7.87. The first-order valence-electron chi connectivity index (χ1n) is 7.36. The van der Waals surface area contributed by atoms with Crippen LogP contribution in [0.4, 0.5) is 0 Å². The predicted octanol–water partition coefficient (Wildman–Crippen LogP) is -0.398. The van der Waals surface area contributed by atoms with Crippen LogP contribution in [0, 0.1) is 0 Å². The van der Waals surface area contributed by atoms with Gasteiger partial charge in [0.1, 0.15) is 0 Å². The van der Waals surface area contributed by atoms with Crippen molar-refractivity contribution in [1.82, 2.24) is 19.2 Å². The molecule has 0 aliphatic carbocycles. The van der Waals surface area contributed by atoms with E-state index < -0.39 is 10.2 Å². The van der Waals surface area contributed by atoms with Gasteiger partial charge in [0, 0.05) is 45.8 Å². The molecule has 2 saturated heterocycles. The quantitative estimate of drug-likeness (QED) is 0.654. The van der Waals surface area contributed by atoms with E-state index >= 15 is 0 Å². The molecule has 2 aliphatic rings. The summed E-state index contributed by atoms with van der Waals surface area (Å²) in [6.07, 6.45) is 4.01. The first kappa shape index (κ1) is 15.2. The molecule has 7 heteroatoms. The monoisotopic (exact) mass is 290 g/mol. The fourth-order valence-corrected chi connectivity index (χ4v) is 3.96. The molecule has 6 nitrogen and oxygen atoms in total. The summed E-state index contributed by atoms with van der Waals surface area (Å²) in [6.45, 7) is 7.09. The van der Waals surface area contributed by atoms with Gasteiger partial charge in [0.2, 0.25) is 0 Å². The summed E-state index contributed by atoms with van der Waals surface area (Å²) in [7, 11) is -3.23. The molecule has 0 aromatic rings. The summed E-state index contributed by atoms with van der Waals surface area (Å²) in [4.78, 5) is 2.38. The Bertz CT molecular complexity index is 349. The number of nitrogens with one attached hydrogen (secondary N) is 2. The molecule has 2 aliphatic heterocycles. The van der Waals surface area contributed by atoms with Crippen LogP contribution in [0.5, 0.6) is 0 Å². The van der Waals surface area contributed by atoms with Crippen LogP contribution >= 0.6 is 0 Å². The van der Waals surface area contributed by atoms with Crippen molar-refractivity contribution in [3.63, 3.8) is 0 Å². The highest BCUT2D eigenvalue weighted by Crippen LogP contribution is 2.11. The molecule has 0 amide bonds. The van der Waals surface area contributed by atoms with Crippen LogP contribution in [0.2, 0.25) is 0 Å². The zero-order valence-electron chi connectivity index (χ0n) is 11.6. The van der Waals surface area contributed by atoms with E-state index in [9.17, 15) is 8.42 Å². The molecule has 0 aromatic heterocycles. The van der Waals surface area contributed by atoms with Gasteiger partial charge in [-0.1, -0.05) is 6.42 Å². The molecule has 2 N–H and O–H groups in total. The van der Waals surface area contributed by atoms with Gasteiger partial charge >= 0.3 is 0 Å². The summed E-state index contributed by atoms with van der Waals surface area (Å²) in [5.74, 6) is 0. The van der Waals surface area contributed by atoms with Crippen molar-refractivity contribution in [2.45, 2.75) is 25.7 Å². The Morgan fingerprint density at radius 2 is 1.68 bits per heavy atom. The first-order chi connectivity index (χ1) is 9.18. The minimum Gasteiger partial charge on any atom is -0.314 e. The molecule has 0 bridgehead atoms. The Balaban J connectivity index is 1.63. The van der Waals surface area contributed by atoms with Crippen LogP contribution in [0.3, 0.4) is 0 Å². The smallest absolute Gasteiger partial charge is 0.279 e. The lowest BCUT2D eigenvalue weighted by Gasteiger charge is -2.28. The Morgan fingerprint density at radius 3 is 2.37 bits per heavy atom. The van der Waals surface area contributed by atoms with E-state index in [4.69, 9.17) is 0 Å². The van der Waals surface area contributed by atoms with Crippen molar-refractivity contribution >= 4 is 10.2 Å². The normalized spacial score (nSPS) is 23.6. The van der Waals surface area contributed by atoms with E-state index in [-0.39, 0.29) is 0 Å². The lowest BCUT2D eigenvalue weighted by molar-refractivity contribution is 0.238. The molecule has 0 aromatic carbocycles. The zero-order chi connectivity index (χ0) is 13.6. The van der Waals surface area contributed by atoms with Gasteiger partial charge < -0.3 is 10.2 Å². The van der Waals surface area contributed by atoms with Gasteiger partial charge in [-0.05, 0) is 25.8 Å². The molecule has 2 rings (SSSR count). The standard InChI is InChI=1S/C12H26N4O2S/c17-19(18,16-9-2-1-3-10-16)14-5-4-8-15-11-6-13-7-12-15/h13-14H,1-12H2. The van der Waals surface area contributed by atoms with Crippen LogP contribution in [0.25, 0.3) is 0 Å². The van der Waals surface area contributed by atoms with Crippen molar-refractivity contribution in [3.05, 3.63) is 0 Å². The van der Waals surface area contributed by atoms with Crippen LogP contribution in [0.15, 0.2) is 0 Å². The number of piperidine rings is 1. The van der Waals surface area contributed by atoms with Crippen LogP contribution in [0.1, 0.15) is 25.7 Å². The second-order valence-electron chi connectivity index (χ2n) is 5.30. The van der Waals surface area contributed by atoms with Crippen LogP contribution in [-0.2, 0) is 10.2 Å². The highest BCUT2D eigenvalue weighted by atomic mass is 32.2. The zero-order valence-corrected chi connectivity index (χ0v) is 12.4. The fourth-order valence-electron chi connectivity index (χ4n) is 2.64. The molecule has 112 valence electrons. The van der Waals surface area contributed by atoms with E-state index in [1.807, 2.05) is 0 Å². The van der Waals surface area contributed by atoms with E-state index in [1.165, 1.54) is 0 Å². The Kier molecular flexibility index (Phi) is 6.03. The molecule has 0 atom stereocenters. The molecule has 0 unspecified atom stereocenters. The predicted molar refractivity (Wildman–Crippen MR) is 76.3 cm³/mol. The summed E-state index contributed by atoms with van der Waals surface area (Å²) < 4.78 is 28.4. The Labute approximate surface area is 116 Å². The van der Waals surface area contributed by atoms with Gasteiger partial charge in [-0.2, -0.15) is 12.7 Å². The first-order valence-corrected chi connectivity index (χ1v) is 8.80. The topological polar surface area (TPSA) is 64.7 Å². The summed E-state index contributed by atoms with van der Waals surface area (Å²) in [6, 6.07) is 0. The number of hydrogen-bond acceptors (Lipinski definition) is 4. The maximum Gasteiger partial charge on any atom is 0.279 e. The molecular formula is C12H26N4O2S. The molecule has 0 saturated carbocycles. The summed E-state index contributed by atoms with van der Waals surface area (Å²) >= 11 is 0. The molecule has 2 fully saturated rings. The number of nitrogens with zero attached hydrogens (tertiary/aromatic N) is 2. The maximum absolute atomic E-state index is 12.0. The second kappa shape index (κ2) is 7.54.